The molecule has 0 N–H and O–H groups in total. The molecule has 6 heteroatoms. The summed E-state index contributed by atoms with van der Waals surface area (Å²) in [4.78, 5) is 20.6. The van der Waals surface area contributed by atoms with Gasteiger partial charge in [-0.15, -0.1) is 0 Å². The number of nitrogens with zero attached hydrogens (tertiary/aromatic N) is 3. The van der Waals surface area contributed by atoms with Crippen LogP contribution in [0.4, 0.5) is 0 Å². The summed E-state index contributed by atoms with van der Waals surface area (Å²) in [6.07, 6.45) is 8.53. The number of carbonyl (C=O) groups excluding carboxylic acids is 1. The Morgan fingerprint density at radius 2 is 1.92 bits per heavy atom. The molecule has 0 aliphatic carbocycles. The molecule has 3 aromatic heterocycles. The van der Waals surface area contributed by atoms with Gasteiger partial charge in [0, 0.05) is 24.0 Å². The van der Waals surface area contributed by atoms with E-state index in [4.69, 9.17) is 9.47 Å². The lowest BCUT2D eigenvalue weighted by atomic mass is 10.1. The molecule has 118 valence electrons. The molecule has 4 rings (SSSR count). The number of methoxy groups -OCH3 is 1. The van der Waals surface area contributed by atoms with Crippen molar-refractivity contribution in [3.05, 3.63) is 67.0 Å². The summed E-state index contributed by atoms with van der Waals surface area (Å²) in [6, 6.07) is 8.85. The van der Waals surface area contributed by atoms with E-state index in [1.807, 2.05) is 16.5 Å². The lowest BCUT2D eigenvalue weighted by molar-refractivity contribution is 0.0730. The highest BCUT2D eigenvalue weighted by Gasteiger charge is 2.14. The van der Waals surface area contributed by atoms with Crippen molar-refractivity contribution >= 4 is 22.3 Å². The quantitative estimate of drug-likeness (QED) is 0.429. The van der Waals surface area contributed by atoms with Gasteiger partial charge in [-0.05, 0) is 35.7 Å². The van der Waals surface area contributed by atoms with Crippen LogP contribution in [-0.2, 0) is 0 Å². The maximum absolute atomic E-state index is 12.5. The Labute approximate surface area is 137 Å². The number of rotatable bonds is 3. The van der Waals surface area contributed by atoms with Crippen molar-refractivity contribution in [3.8, 4) is 11.5 Å². The highest BCUT2D eigenvalue weighted by Crippen LogP contribution is 2.32. The Morgan fingerprint density at radius 1 is 1.04 bits per heavy atom. The van der Waals surface area contributed by atoms with Gasteiger partial charge in [0.15, 0.2) is 11.5 Å². The van der Waals surface area contributed by atoms with Crippen LogP contribution in [0, 0.1) is 0 Å². The third-order valence-electron chi connectivity index (χ3n) is 3.78. The lowest BCUT2D eigenvalue weighted by Crippen LogP contribution is -2.09. The number of aromatic nitrogens is 3. The normalized spacial score (nSPS) is 10.9. The number of esters is 1. The van der Waals surface area contributed by atoms with Crippen LogP contribution in [-0.4, -0.2) is 27.4 Å². The molecule has 0 saturated heterocycles. The number of imidazole rings is 1. The van der Waals surface area contributed by atoms with Crippen molar-refractivity contribution in [2.75, 3.05) is 7.11 Å². The number of ether oxygens (including phenoxy) is 2. The second kappa shape index (κ2) is 5.66. The summed E-state index contributed by atoms with van der Waals surface area (Å²) in [5.41, 5.74) is 1.26. The largest absolute Gasteiger partial charge is 0.493 e. The molecule has 0 amide bonds. The monoisotopic (exact) mass is 319 g/mol. The number of carbonyl (C=O) groups is 1. The number of hydrogen-bond acceptors (Lipinski definition) is 5. The smallest absolute Gasteiger partial charge is 0.343 e. The van der Waals surface area contributed by atoms with Gasteiger partial charge in [-0.25, -0.2) is 9.78 Å². The Hall–Kier alpha value is -3.41. The van der Waals surface area contributed by atoms with Gasteiger partial charge in [-0.1, -0.05) is 0 Å². The average molecular weight is 319 g/mol. The van der Waals surface area contributed by atoms with E-state index in [-0.39, 0.29) is 0 Å². The van der Waals surface area contributed by atoms with Gasteiger partial charge in [0.2, 0.25) is 0 Å². The third-order valence-corrected chi connectivity index (χ3v) is 3.78. The van der Waals surface area contributed by atoms with Crippen molar-refractivity contribution in [1.29, 1.82) is 0 Å². The third kappa shape index (κ3) is 2.44. The first-order chi connectivity index (χ1) is 11.7. The maximum Gasteiger partial charge on any atom is 0.343 e. The molecular weight excluding hydrogens is 306 g/mol. The molecule has 0 spiro atoms. The molecule has 0 fully saturated rings. The molecule has 0 unspecified atom stereocenters. The van der Waals surface area contributed by atoms with Crippen molar-refractivity contribution in [3.63, 3.8) is 0 Å². The van der Waals surface area contributed by atoms with Gasteiger partial charge in [0.25, 0.3) is 0 Å². The van der Waals surface area contributed by atoms with Crippen LogP contribution in [0.25, 0.3) is 16.3 Å². The molecule has 0 aliphatic rings. The molecule has 1 aromatic carbocycles. The molecular formula is C18H13N3O3. The van der Waals surface area contributed by atoms with E-state index in [1.54, 1.807) is 49.3 Å². The maximum atomic E-state index is 12.5. The molecule has 0 radical (unpaired) electrons. The Kier molecular flexibility index (Phi) is 3.35. The van der Waals surface area contributed by atoms with Crippen molar-refractivity contribution < 1.29 is 14.3 Å². The summed E-state index contributed by atoms with van der Waals surface area (Å²) in [5, 5.41) is 1.83. The topological polar surface area (TPSA) is 65.7 Å². The van der Waals surface area contributed by atoms with E-state index in [1.165, 1.54) is 7.11 Å². The molecule has 6 nitrogen and oxygen atoms in total. The van der Waals surface area contributed by atoms with Crippen LogP contribution in [0.2, 0.25) is 0 Å². The zero-order valence-electron chi connectivity index (χ0n) is 12.8. The number of fused-ring (bicyclic) bond motifs is 2. The zero-order chi connectivity index (χ0) is 16.5. The van der Waals surface area contributed by atoms with E-state index >= 15 is 0 Å². The molecule has 0 aliphatic heterocycles. The van der Waals surface area contributed by atoms with Gasteiger partial charge in [-0.3, -0.25) is 4.98 Å². The average Bonchev–Trinajstić information content (AvgIpc) is 3.08. The molecule has 0 atom stereocenters. The van der Waals surface area contributed by atoms with Crippen LogP contribution in [0.3, 0.4) is 0 Å². The fourth-order valence-corrected chi connectivity index (χ4v) is 2.54. The number of pyridine rings is 2. The van der Waals surface area contributed by atoms with E-state index in [0.717, 1.165) is 16.3 Å². The van der Waals surface area contributed by atoms with Crippen molar-refractivity contribution in [2.24, 2.45) is 0 Å². The second-order valence-corrected chi connectivity index (χ2v) is 5.26. The second-order valence-electron chi connectivity index (χ2n) is 5.26. The summed E-state index contributed by atoms with van der Waals surface area (Å²) in [5.74, 6) is 0.393. The SMILES string of the molecule is COc1cc2ccncc2cc1OC(=O)c1ccn2cncc2c1. The van der Waals surface area contributed by atoms with E-state index in [9.17, 15) is 4.79 Å². The molecule has 3 heterocycles. The van der Waals surface area contributed by atoms with Gasteiger partial charge in [-0.2, -0.15) is 0 Å². The Balaban J connectivity index is 1.70. The Bertz CT molecular complexity index is 1060. The van der Waals surface area contributed by atoms with Gasteiger partial charge in [0.1, 0.15) is 0 Å². The number of benzene rings is 1. The minimum absolute atomic E-state index is 0.358. The van der Waals surface area contributed by atoms with Crippen LogP contribution >= 0.6 is 0 Å². The first-order valence-electron chi connectivity index (χ1n) is 7.30. The van der Waals surface area contributed by atoms with Gasteiger partial charge >= 0.3 is 5.97 Å². The summed E-state index contributed by atoms with van der Waals surface area (Å²) in [7, 11) is 1.54. The van der Waals surface area contributed by atoms with Crippen LogP contribution in [0.15, 0.2) is 61.4 Å². The molecule has 4 aromatic rings. The van der Waals surface area contributed by atoms with E-state index in [2.05, 4.69) is 9.97 Å². The van der Waals surface area contributed by atoms with E-state index < -0.39 is 5.97 Å². The van der Waals surface area contributed by atoms with Gasteiger partial charge < -0.3 is 13.9 Å². The predicted octanol–water partition coefficient (Wildman–Crippen LogP) is 3.11. The first-order valence-corrected chi connectivity index (χ1v) is 7.30. The first kappa shape index (κ1) is 14.2. The highest BCUT2D eigenvalue weighted by molar-refractivity contribution is 5.93. The minimum atomic E-state index is -0.458. The summed E-state index contributed by atoms with van der Waals surface area (Å²) < 4.78 is 12.7. The van der Waals surface area contributed by atoms with Gasteiger partial charge in [0.05, 0.1) is 30.7 Å². The highest BCUT2D eigenvalue weighted by atomic mass is 16.6. The fourth-order valence-electron chi connectivity index (χ4n) is 2.54. The predicted molar refractivity (Wildman–Crippen MR) is 88.4 cm³/mol. The molecule has 24 heavy (non-hydrogen) atoms. The summed E-state index contributed by atoms with van der Waals surface area (Å²) in [6.45, 7) is 0. The van der Waals surface area contributed by atoms with Crippen LogP contribution < -0.4 is 9.47 Å². The molecule has 0 saturated carbocycles. The van der Waals surface area contributed by atoms with Crippen molar-refractivity contribution in [2.45, 2.75) is 0 Å². The zero-order valence-corrected chi connectivity index (χ0v) is 12.8. The lowest BCUT2D eigenvalue weighted by Gasteiger charge is -2.11. The number of hydrogen-bond donors (Lipinski definition) is 0. The minimum Gasteiger partial charge on any atom is -0.493 e. The van der Waals surface area contributed by atoms with Crippen LogP contribution in [0.5, 0.6) is 11.5 Å². The summed E-state index contributed by atoms with van der Waals surface area (Å²) >= 11 is 0. The van der Waals surface area contributed by atoms with E-state index in [0.29, 0.717) is 17.1 Å². The standard InChI is InChI=1S/C18H13N3O3/c1-23-16-7-12-2-4-19-9-14(12)8-17(16)24-18(22)13-3-5-21-11-20-10-15(21)6-13/h2-11H,1H3. The van der Waals surface area contributed by atoms with Crippen molar-refractivity contribution in [1.82, 2.24) is 14.4 Å². The van der Waals surface area contributed by atoms with Crippen LogP contribution in [0.1, 0.15) is 10.4 Å². The Morgan fingerprint density at radius 3 is 2.79 bits per heavy atom. The molecule has 0 bridgehead atoms. The fraction of sp³-hybridized carbons (Fsp3) is 0.0556.